The molecule has 3 fully saturated rings. The monoisotopic (exact) mass is 1980 g/mol. The van der Waals surface area contributed by atoms with Crippen molar-refractivity contribution in [2.45, 2.75) is 398 Å². The second-order valence-corrected chi connectivity index (χ2v) is 53.1. The fourth-order valence-corrected chi connectivity index (χ4v) is 10.7. The molecule has 0 aromatic heterocycles. The second kappa shape index (κ2) is 67.1. The fourth-order valence-electron chi connectivity index (χ4n) is 10.7. The summed E-state index contributed by atoms with van der Waals surface area (Å²) in [6.45, 7) is 136. The van der Waals surface area contributed by atoms with Crippen LogP contribution in [0, 0.1) is 131 Å². The van der Waals surface area contributed by atoms with E-state index >= 15 is 0 Å². The summed E-state index contributed by atoms with van der Waals surface area (Å²) in [5.74, 6) is 4.36. The van der Waals surface area contributed by atoms with Gasteiger partial charge in [-0.15, -0.1) is 0 Å². The van der Waals surface area contributed by atoms with Crippen LogP contribution >= 0.6 is 0 Å². The number of hydrogen-bond donors (Lipinski definition) is 0. The minimum atomic E-state index is 0. The Bertz CT molecular complexity index is 2330. The van der Waals surface area contributed by atoms with Crippen LogP contribution in [0.3, 0.4) is 0 Å². The molecule has 3 aliphatic rings. The molecule has 0 aromatic rings. The van der Waals surface area contributed by atoms with Gasteiger partial charge in [0.1, 0.15) is 13.4 Å². The number of nitrogens with zero attached hydrogens (tertiary/aromatic N) is 12. The van der Waals surface area contributed by atoms with Crippen LogP contribution in [-0.4, -0.2) is 292 Å². The SMILES string of the molecule is CC(C)C[N+]1(C(C)(C)C)COC1.CC(C)N(C)CC(C)(C)C.CC(C)N1CC(C(C)(C)C)C1.CC(C)[N+](C)(C)CC(C)(C)C.CC(C)[N+]1(C)CC(C(C)(C)C)C1.CN(CC(C)(C)C)C[N+](C)(C)C(C)(C)C.CN(COC[N+](C)(C)C(C)(C)C)CC(C)(C)C.[CH2-]C(C)C.[CH2-]C(C)C.[CH2-]C(C)C.[CH2-]N([CH2-])C(C)C.[CH2-][N+]([CH2-])(C)C(C)C.[CH2-][N+]([CH2-])(C)C(C)C.[Y+3].[Y+3].[Y+3]. The molecule has 17 heteroatoms. The van der Waals surface area contributed by atoms with Crippen LogP contribution < -0.4 is 0 Å². The summed E-state index contributed by atoms with van der Waals surface area (Å²) in [6.07, 6.45) is 0. The third-order valence-electron chi connectivity index (χ3n) is 23.0. The van der Waals surface area contributed by atoms with Crippen molar-refractivity contribution in [1.29, 1.82) is 0 Å². The number of rotatable bonds is 19. The summed E-state index contributed by atoms with van der Waals surface area (Å²) in [6, 6.07) is 4.41. The summed E-state index contributed by atoms with van der Waals surface area (Å²) in [4.78, 5) is 11.3. The molecule has 0 amide bonds. The largest absolute Gasteiger partial charge is 3.00 e. The molecule has 0 N–H and O–H groups in total. The maximum atomic E-state index is 5.83. The molecule has 0 spiro atoms. The topological polar surface area (TPSA) is 34.7 Å². The third-order valence-corrected chi connectivity index (χ3v) is 23.0. The van der Waals surface area contributed by atoms with Gasteiger partial charge in [0.25, 0.3) is 0 Å². The minimum absolute atomic E-state index is 0. The van der Waals surface area contributed by atoms with E-state index < -0.39 is 0 Å². The first kappa shape index (κ1) is 154. The van der Waals surface area contributed by atoms with E-state index in [9.17, 15) is 0 Å². The number of likely N-dealkylation sites (tertiary alicyclic amines) is 2. The Kier molecular flexibility index (Phi) is 84.0. The van der Waals surface area contributed by atoms with Crippen LogP contribution in [0.15, 0.2) is 0 Å². The summed E-state index contributed by atoms with van der Waals surface area (Å²) in [7, 11) is 48.8. The van der Waals surface area contributed by atoms with Crippen molar-refractivity contribution < 1.29 is 139 Å². The van der Waals surface area contributed by atoms with Crippen LogP contribution in [0.5, 0.6) is 0 Å². The predicted molar refractivity (Wildman–Crippen MR) is 549 cm³/mol. The molecule has 0 unspecified atom stereocenters. The van der Waals surface area contributed by atoms with E-state index in [1.165, 1.54) is 50.3 Å². The zero-order valence-corrected chi connectivity index (χ0v) is 106. The van der Waals surface area contributed by atoms with E-state index in [1.807, 2.05) is 27.9 Å². The molecule has 0 aliphatic carbocycles. The van der Waals surface area contributed by atoms with Crippen molar-refractivity contribution >= 4 is 0 Å². The molecule has 3 rings (SSSR count). The number of quaternary nitrogens is 7. The quantitative estimate of drug-likeness (QED) is 0.0724. The molecule has 740 valence electrons. The van der Waals surface area contributed by atoms with Gasteiger partial charge in [0.2, 0.25) is 0 Å². The van der Waals surface area contributed by atoms with Gasteiger partial charge in [0, 0.05) is 82.3 Å². The van der Waals surface area contributed by atoms with Crippen LogP contribution in [0.2, 0.25) is 0 Å². The molecule has 0 atom stereocenters. The van der Waals surface area contributed by atoms with Crippen LogP contribution in [0.1, 0.15) is 339 Å². The third kappa shape index (κ3) is 93.6. The first-order chi connectivity index (χ1) is 51.9. The molecule has 3 heterocycles. The zero-order valence-electron chi connectivity index (χ0n) is 97.2. The van der Waals surface area contributed by atoms with Crippen molar-refractivity contribution in [3.63, 3.8) is 0 Å². The Morgan fingerprint density at radius 2 is 0.715 bits per heavy atom. The van der Waals surface area contributed by atoms with Gasteiger partial charge in [-0.1, -0.05) is 194 Å². The van der Waals surface area contributed by atoms with E-state index in [2.05, 4.69) is 479 Å². The van der Waals surface area contributed by atoms with Crippen molar-refractivity contribution in [2.75, 3.05) is 177 Å². The molecule has 0 radical (unpaired) electrons. The summed E-state index contributed by atoms with van der Waals surface area (Å²) in [5.41, 5.74) is 3.46. The van der Waals surface area contributed by atoms with Crippen LogP contribution in [-0.2, 0) is 108 Å². The number of hydrogen-bond acceptors (Lipinski definition) is 7. The average molecular weight is 1980 g/mol. The maximum Gasteiger partial charge on any atom is 3.00 e. The van der Waals surface area contributed by atoms with Gasteiger partial charge in [-0.3, -0.25) is 19.0 Å². The van der Waals surface area contributed by atoms with E-state index in [0.717, 1.165) is 87.7 Å². The van der Waals surface area contributed by atoms with Crippen LogP contribution in [0.4, 0.5) is 0 Å². The molecule has 3 saturated heterocycles. The molecular weight excluding hydrogens is 1740 g/mol. The molecule has 3 aliphatic heterocycles. The summed E-state index contributed by atoms with van der Waals surface area (Å²) < 4.78 is 17.7. The molecule has 0 saturated carbocycles. The molecule has 123 heavy (non-hydrogen) atoms. The Hall–Kier alpha value is 2.75. The smallest absolute Gasteiger partial charge is 0.608 e. The van der Waals surface area contributed by atoms with Gasteiger partial charge in [0.15, 0.2) is 20.2 Å². The van der Waals surface area contributed by atoms with Crippen molar-refractivity contribution in [3.05, 3.63) is 63.1 Å². The van der Waals surface area contributed by atoms with E-state index in [1.54, 1.807) is 4.90 Å². The second-order valence-electron chi connectivity index (χ2n) is 53.1. The minimum Gasteiger partial charge on any atom is -0.608 e. The van der Waals surface area contributed by atoms with Gasteiger partial charge in [-0.25, -0.2) is 0 Å². The Morgan fingerprint density at radius 1 is 0.431 bits per heavy atom. The van der Waals surface area contributed by atoms with Crippen LogP contribution in [0.25, 0.3) is 0 Å². The Labute approximate surface area is 861 Å². The molecular formula is C106H242N12O2Y3+7. The van der Waals surface area contributed by atoms with E-state index in [0.29, 0.717) is 107 Å². The maximum absolute atomic E-state index is 5.83. The van der Waals surface area contributed by atoms with Gasteiger partial charge in [-0.05, 0) is 206 Å². The predicted octanol–water partition coefficient (Wildman–Crippen LogP) is 26.1. The first-order valence-corrected chi connectivity index (χ1v) is 47.1. The Balaban J connectivity index is -0.0000000986. The van der Waals surface area contributed by atoms with Gasteiger partial charge in [0.05, 0.1) is 110 Å². The fraction of sp³-hybridized carbons (Fsp3) is 0.915. The number of ether oxygens (including phenoxy) is 2. The summed E-state index contributed by atoms with van der Waals surface area (Å²) >= 11 is 0. The van der Waals surface area contributed by atoms with E-state index in [-0.39, 0.29) is 104 Å². The molecule has 0 bridgehead atoms. The molecule has 0 aromatic carbocycles. The van der Waals surface area contributed by atoms with Crippen molar-refractivity contribution in [3.8, 4) is 0 Å². The first-order valence-electron chi connectivity index (χ1n) is 47.1. The van der Waals surface area contributed by atoms with Crippen molar-refractivity contribution in [1.82, 2.24) is 24.5 Å². The molecule has 14 nitrogen and oxygen atoms in total. The standard InChI is InChI=1S/C14H33N2O.C13H31N2.C11H24N.C10H22NO.C10H21N.C10H24N.C9H21N.2C6H14N.C5H11N.3C4H9.3Y/c1-13(2,3)10-15(7)11-17-12-16(8,9)14(4,5)6;1-12(2,3)10-14(7)11-15(8,9)13(4,5)6;1-9(2)12(6)7-10(8-12)11(3,4)5;1-9(2)6-11(7-12-8-11)10(3,4)5;1-8(2)11-6-9(7-11)10(3,4)5;1-9(2)11(6,7)8-10(3,4)5;1-8(2)10(6)7-9(3,4)5;2*1-6(2)7(3,4)5;1-5(2)6(3)4;3*1-4(2)3;;;/h10-12H2,1-9H3;10-11H2,1-9H3;9-10H,7-8H2,1-6H3;9H,6-8H2,1-5H3;8-9H,6-7H2,1-5H3;9H,8H2,1-7H3;8H,7H2,1-6H3;2*6H,3-4H2,1-2,5H3;5H,3-4H2,1-2H3;3*4H,1H2,2-3H3;;;/q4*+1;;+1;;2*-1;-2;3*-1;3*+3. The summed E-state index contributed by atoms with van der Waals surface area (Å²) in [5, 5.41) is 0. The van der Waals surface area contributed by atoms with E-state index in [4.69, 9.17) is 9.47 Å². The normalized spacial score (nSPS) is 16.8. The van der Waals surface area contributed by atoms with Crippen molar-refractivity contribution in [2.24, 2.45) is 68.0 Å². The van der Waals surface area contributed by atoms with Gasteiger partial charge in [-0.2, -0.15) is 45.9 Å². The van der Waals surface area contributed by atoms with Gasteiger partial charge >= 0.3 is 98.1 Å². The zero-order chi connectivity index (χ0) is 99.7. The van der Waals surface area contributed by atoms with Gasteiger partial charge < -0.3 is 81.2 Å². The Morgan fingerprint density at radius 3 is 0.870 bits per heavy atom. The average Bonchev–Trinajstić information content (AvgIpc) is 0.772.